The summed E-state index contributed by atoms with van der Waals surface area (Å²) < 4.78 is 5.36. The molecule has 2 aromatic rings. The van der Waals surface area contributed by atoms with Crippen LogP contribution in [0, 0.1) is 0 Å². The van der Waals surface area contributed by atoms with Crippen molar-refractivity contribution in [1.29, 1.82) is 0 Å². The molecule has 0 unspecified atom stereocenters. The van der Waals surface area contributed by atoms with Gasteiger partial charge in [-0.3, -0.25) is 4.79 Å². The second-order valence-electron chi connectivity index (χ2n) is 5.67. The van der Waals surface area contributed by atoms with Crippen molar-refractivity contribution in [3.05, 3.63) is 54.1 Å². The lowest BCUT2D eigenvalue weighted by Gasteiger charge is -2.29. The third kappa shape index (κ3) is 4.48. The van der Waals surface area contributed by atoms with Crippen molar-refractivity contribution in [1.82, 2.24) is 0 Å². The first-order chi connectivity index (χ1) is 12.1. The fourth-order valence-corrected chi connectivity index (χ4v) is 2.69. The first kappa shape index (κ1) is 16.8. The average Bonchev–Trinajstić information content (AvgIpc) is 2.62. The number of morpholine rings is 1. The van der Waals surface area contributed by atoms with E-state index in [4.69, 9.17) is 10.5 Å². The van der Waals surface area contributed by atoms with Crippen molar-refractivity contribution >= 4 is 29.0 Å². The first-order valence-electron chi connectivity index (χ1n) is 8.02. The van der Waals surface area contributed by atoms with Gasteiger partial charge in [-0.05, 0) is 36.4 Å². The minimum Gasteiger partial charge on any atom is -0.378 e. The Labute approximate surface area is 145 Å². The molecule has 7 heteroatoms. The van der Waals surface area contributed by atoms with E-state index in [1.165, 1.54) is 0 Å². The molecule has 1 aliphatic rings. The number of benzene rings is 2. The highest BCUT2D eigenvalue weighted by Crippen LogP contribution is 2.21. The number of nitrogens with zero attached hydrogens (tertiary/aromatic N) is 1. The number of rotatable bonds is 4. The van der Waals surface area contributed by atoms with Crippen molar-refractivity contribution in [3.8, 4) is 0 Å². The van der Waals surface area contributed by atoms with Crippen LogP contribution >= 0.6 is 0 Å². The number of hydrogen-bond acceptors (Lipinski definition) is 4. The second-order valence-corrected chi connectivity index (χ2v) is 5.67. The highest BCUT2D eigenvalue weighted by molar-refractivity contribution is 6.05. The predicted molar refractivity (Wildman–Crippen MR) is 97.1 cm³/mol. The average molecular weight is 340 g/mol. The molecular weight excluding hydrogens is 320 g/mol. The Kier molecular flexibility index (Phi) is 5.15. The second kappa shape index (κ2) is 7.67. The van der Waals surface area contributed by atoms with Crippen LogP contribution in [0.2, 0.25) is 0 Å². The van der Waals surface area contributed by atoms with E-state index in [2.05, 4.69) is 15.5 Å². The van der Waals surface area contributed by atoms with Crippen molar-refractivity contribution < 1.29 is 14.3 Å². The van der Waals surface area contributed by atoms with Gasteiger partial charge in [-0.2, -0.15) is 0 Å². The lowest BCUT2D eigenvalue weighted by Crippen LogP contribution is -2.36. The number of hydrogen-bond donors (Lipinski definition) is 3. The smallest absolute Gasteiger partial charge is 0.316 e. The highest BCUT2D eigenvalue weighted by atomic mass is 16.5. The van der Waals surface area contributed by atoms with Crippen LogP contribution in [0.15, 0.2) is 48.5 Å². The summed E-state index contributed by atoms with van der Waals surface area (Å²) in [6.07, 6.45) is 0. The quantitative estimate of drug-likeness (QED) is 0.795. The molecule has 130 valence electrons. The van der Waals surface area contributed by atoms with Gasteiger partial charge in [0.05, 0.1) is 13.2 Å². The molecule has 7 nitrogen and oxygen atoms in total. The van der Waals surface area contributed by atoms with Crippen molar-refractivity contribution in [2.45, 2.75) is 0 Å². The van der Waals surface area contributed by atoms with Crippen LogP contribution in [0.3, 0.4) is 0 Å². The molecule has 0 atom stereocenters. The molecule has 3 rings (SSSR count). The van der Waals surface area contributed by atoms with Gasteiger partial charge in [0.15, 0.2) is 0 Å². The van der Waals surface area contributed by atoms with Gasteiger partial charge in [-0.15, -0.1) is 0 Å². The minimum atomic E-state index is -0.671. The van der Waals surface area contributed by atoms with Gasteiger partial charge >= 0.3 is 6.03 Å². The highest BCUT2D eigenvalue weighted by Gasteiger charge is 2.12. The lowest BCUT2D eigenvalue weighted by molar-refractivity contribution is 0.102. The molecule has 0 aliphatic carbocycles. The molecule has 2 aromatic carbocycles. The zero-order valence-electron chi connectivity index (χ0n) is 13.7. The number of carbonyl (C=O) groups is 2. The number of urea groups is 1. The number of nitrogens with two attached hydrogens (primary N) is 1. The van der Waals surface area contributed by atoms with Crippen LogP contribution in [0.25, 0.3) is 0 Å². The van der Waals surface area contributed by atoms with E-state index in [-0.39, 0.29) is 5.91 Å². The monoisotopic (exact) mass is 340 g/mol. The molecule has 1 heterocycles. The van der Waals surface area contributed by atoms with Gasteiger partial charge < -0.3 is 26.0 Å². The Morgan fingerprint density at radius 2 is 1.64 bits per heavy atom. The number of ether oxygens (including phenoxy) is 1. The summed E-state index contributed by atoms with van der Waals surface area (Å²) in [6.45, 7) is 3.07. The van der Waals surface area contributed by atoms with Crippen LogP contribution in [0.1, 0.15) is 10.4 Å². The van der Waals surface area contributed by atoms with Gasteiger partial charge in [0.1, 0.15) is 0 Å². The number of carbonyl (C=O) groups excluding carboxylic acids is 2. The largest absolute Gasteiger partial charge is 0.378 e. The van der Waals surface area contributed by atoms with Crippen LogP contribution in [-0.2, 0) is 4.74 Å². The van der Waals surface area contributed by atoms with E-state index in [9.17, 15) is 9.59 Å². The molecule has 4 N–H and O–H groups in total. The number of anilines is 3. The molecule has 1 aliphatic heterocycles. The Morgan fingerprint density at radius 1 is 0.960 bits per heavy atom. The summed E-state index contributed by atoms with van der Waals surface area (Å²) in [5, 5.41) is 5.33. The minimum absolute atomic E-state index is 0.257. The molecule has 0 spiro atoms. The normalized spacial score (nSPS) is 14.0. The maximum absolute atomic E-state index is 12.5. The Balaban J connectivity index is 1.71. The summed E-state index contributed by atoms with van der Waals surface area (Å²) in [5.74, 6) is -0.257. The standard InChI is InChI=1S/C18H20N4O3/c19-18(24)21-14-4-1-3-13(11-14)17(23)20-15-5-2-6-16(12-15)22-7-9-25-10-8-22/h1-6,11-12H,7-10H2,(H,20,23)(H3,19,21,24). The van der Waals surface area contributed by atoms with E-state index in [0.29, 0.717) is 30.2 Å². The Morgan fingerprint density at radius 3 is 2.36 bits per heavy atom. The summed E-state index contributed by atoms with van der Waals surface area (Å²) >= 11 is 0. The van der Waals surface area contributed by atoms with Crippen molar-refractivity contribution in [2.75, 3.05) is 41.8 Å². The van der Waals surface area contributed by atoms with Crippen molar-refractivity contribution in [2.24, 2.45) is 5.73 Å². The SMILES string of the molecule is NC(=O)Nc1cccc(C(=O)Nc2cccc(N3CCOCC3)c2)c1. The van der Waals surface area contributed by atoms with E-state index < -0.39 is 6.03 Å². The van der Waals surface area contributed by atoms with Gasteiger partial charge in [0.2, 0.25) is 0 Å². The fraction of sp³-hybridized carbons (Fsp3) is 0.222. The topological polar surface area (TPSA) is 96.7 Å². The molecule has 25 heavy (non-hydrogen) atoms. The summed E-state index contributed by atoms with van der Waals surface area (Å²) in [7, 11) is 0. The molecule has 1 fully saturated rings. The van der Waals surface area contributed by atoms with E-state index in [1.807, 2.05) is 24.3 Å². The zero-order chi connectivity index (χ0) is 17.6. The number of primary amides is 1. The van der Waals surface area contributed by atoms with E-state index in [0.717, 1.165) is 18.8 Å². The third-order valence-corrected chi connectivity index (χ3v) is 3.87. The predicted octanol–water partition coefficient (Wildman–Crippen LogP) is 2.27. The van der Waals surface area contributed by atoms with Gasteiger partial charge in [-0.1, -0.05) is 12.1 Å². The Bertz CT molecular complexity index is 772. The van der Waals surface area contributed by atoms with Crippen LogP contribution in [0.4, 0.5) is 21.9 Å². The molecule has 1 saturated heterocycles. The molecule has 0 bridgehead atoms. The van der Waals surface area contributed by atoms with Crippen LogP contribution in [-0.4, -0.2) is 38.2 Å². The zero-order valence-corrected chi connectivity index (χ0v) is 13.7. The fourth-order valence-electron chi connectivity index (χ4n) is 2.69. The lowest BCUT2D eigenvalue weighted by atomic mass is 10.1. The maximum Gasteiger partial charge on any atom is 0.316 e. The van der Waals surface area contributed by atoms with E-state index >= 15 is 0 Å². The van der Waals surface area contributed by atoms with Crippen LogP contribution in [0.5, 0.6) is 0 Å². The number of nitrogens with one attached hydrogen (secondary N) is 2. The summed E-state index contributed by atoms with van der Waals surface area (Å²) in [4.78, 5) is 25.6. The Hall–Kier alpha value is -3.06. The molecule has 0 aromatic heterocycles. The molecule has 0 radical (unpaired) electrons. The summed E-state index contributed by atoms with van der Waals surface area (Å²) in [6, 6.07) is 13.6. The van der Waals surface area contributed by atoms with Gasteiger partial charge in [-0.25, -0.2) is 4.79 Å². The van der Waals surface area contributed by atoms with Crippen molar-refractivity contribution in [3.63, 3.8) is 0 Å². The van der Waals surface area contributed by atoms with Gasteiger partial charge in [0.25, 0.3) is 5.91 Å². The van der Waals surface area contributed by atoms with E-state index in [1.54, 1.807) is 24.3 Å². The maximum atomic E-state index is 12.5. The number of amides is 3. The third-order valence-electron chi connectivity index (χ3n) is 3.87. The molecule has 3 amide bonds. The first-order valence-corrected chi connectivity index (χ1v) is 8.02. The van der Waals surface area contributed by atoms with Crippen LogP contribution < -0.4 is 21.3 Å². The van der Waals surface area contributed by atoms with Gasteiger partial charge in [0, 0.05) is 35.7 Å². The molecule has 0 saturated carbocycles. The summed E-state index contributed by atoms with van der Waals surface area (Å²) in [5.41, 5.74) is 7.76. The molecular formula is C18H20N4O3.